The zero-order valence-electron chi connectivity index (χ0n) is 13.6. The van der Waals surface area contributed by atoms with Crippen LogP contribution in [0.1, 0.15) is 43.9 Å². The summed E-state index contributed by atoms with van der Waals surface area (Å²) < 4.78 is 4.95. The monoisotopic (exact) mass is 318 g/mol. The summed E-state index contributed by atoms with van der Waals surface area (Å²) >= 11 is 5.35. The van der Waals surface area contributed by atoms with Crippen molar-refractivity contribution in [3.63, 3.8) is 0 Å². The van der Waals surface area contributed by atoms with Crippen molar-refractivity contribution in [1.82, 2.24) is 10.2 Å². The highest BCUT2D eigenvalue weighted by Crippen LogP contribution is 2.31. The molecule has 1 aliphatic rings. The molecule has 0 bridgehead atoms. The highest BCUT2D eigenvalue weighted by Gasteiger charge is 2.32. The topological polar surface area (TPSA) is 41.6 Å². The molecule has 2 rings (SSSR count). The first kappa shape index (κ1) is 16.5. The molecule has 0 fully saturated rings. The van der Waals surface area contributed by atoms with Crippen molar-refractivity contribution in [2.45, 2.75) is 32.7 Å². The number of hydrogen-bond donors (Lipinski definition) is 1. The summed E-state index contributed by atoms with van der Waals surface area (Å²) in [4.78, 5) is 14.0. The van der Waals surface area contributed by atoms with Gasteiger partial charge in [0.2, 0.25) is 0 Å². The number of ether oxygens (including phenoxy) is 1. The van der Waals surface area contributed by atoms with E-state index < -0.39 is 0 Å². The number of carbonyl (C=O) groups excluding carboxylic acids is 1. The van der Waals surface area contributed by atoms with Crippen molar-refractivity contribution in [1.29, 1.82) is 0 Å². The van der Waals surface area contributed by atoms with E-state index in [9.17, 15) is 4.79 Å². The molecule has 0 amide bonds. The van der Waals surface area contributed by atoms with Gasteiger partial charge in [0, 0.05) is 12.7 Å². The van der Waals surface area contributed by atoms with Crippen LogP contribution in [0.4, 0.5) is 0 Å². The number of hydrogen-bond acceptors (Lipinski definition) is 3. The predicted octanol–water partition coefficient (Wildman–Crippen LogP) is 3.12. The third kappa shape index (κ3) is 2.99. The van der Waals surface area contributed by atoms with Crippen LogP contribution in [0.2, 0.25) is 0 Å². The molecule has 1 atom stereocenters. The molecule has 118 valence electrons. The third-order valence-electron chi connectivity index (χ3n) is 4.10. The number of rotatable bonds is 3. The first-order chi connectivity index (χ1) is 10.4. The Morgan fingerprint density at radius 3 is 2.41 bits per heavy atom. The number of esters is 1. The fourth-order valence-electron chi connectivity index (χ4n) is 2.53. The minimum absolute atomic E-state index is 0.280. The largest absolute Gasteiger partial charge is 0.466 e. The van der Waals surface area contributed by atoms with Crippen LogP contribution in [-0.2, 0) is 9.53 Å². The molecule has 5 heteroatoms. The number of carbonyl (C=O) groups is 1. The van der Waals surface area contributed by atoms with Crippen LogP contribution in [0.25, 0.3) is 0 Å². The summed E-state index contributed by atoms with van der Waals surface area (Å²) in [6.07, 6.45) is 0. The summed E-state index contributed by atoms with van der Waals surface area (Å²) in [7, 11) is 3.24. The van der Waals surface area contributed by atoms with Crippen molar-refractivity contribution in [2.24, 2.45) is 0 Å². The van der Waals surface area contributed by atoms with E-state index in [-0.39, 0.29) is 12.0 Å². The fourth-order valence-corrected chi connectivity index (χ4v) is 2.79. The van der Waals surface area contributed by atoms with Crippen LogP contribution in [0.3, 0.4) is 0 Å². The quantitative estimate of drug-likeness (QED) is 0.685. The van der Waals surface area contributed by atoms with Gasteiger partial charge in [-0.25, -0.2) is 4.79 Å². The van der Waals surface area contributed by atoms with Gasteiger partial charge in [0.15, 0.2) is 5.11 Å². The number of nitrogens with zero attached hydrogens (tertiary/aromatic N) is 1. The minimum Gasteiger partial charge on any atom is -0.466 e. The maximum atomic E-state index is 12.2. The third-order valence-corrected chi connectivity index (χ3v) is 4.49. The number of methoxy groups -OCH3 is 1. The molecule has 0 radical (unpaired) electrons. The highest BCUT2D eigenvalue weighted by molar-refractivity contribution is 7.80. The molecule has 0 aliphatic carbocycles. The lowest BCUT2D eigenvalue weighted by Gasteiger charge is -2.35. The lowest BCUT2D eigenvalue weighted by molar-refractivity contribution is -0.136. The first-order valence-corrected chi connectivity index (χ1v) is 7.70. The van der Waals surface area contributed by atoms with E-state index >= 15 is 0 Å². The normalized spacial score (nSPS) is 18.5. The van der Waals surface area contributed by atoms with E-state index in [0.717, 1.165) is 11.3 Å². The zero-order valence-corrected chi connectivity index (χ0v) is 14.5. The van der Waals surface area contributed by atoms with Gasteiger partial charge >= 0.3 is 5.97 Å². The van der Waals surface area contributed by atoms with Crippen LogP contribution >= 0.6 is 12.2 Å². The van der Waals surface area contributed by atoms with Gasteiger partial charge in [0.05, 0.1) is 18.7 Å². The van der Waals surface area contributed by atoms with Crippen molar-refractivity contribution >= 4 is 23.3 Å². The molecular formula is C17H22N2O2S. The summed E-state index contributed by atoms with van der Waals surface area (Å²) in [5, 5.41) is 3.83. The summed E-state index contributed by atoms with van der Waals surface area (Å²) in [5.74, 6) is 0.134. The van der Waals surface area contributed by atoms with Gasteiger partial charge < -0.3 is 15.0 Å². The maximum Gasteiger partial charge on any atom is 0.337 e. The predicted molar refractivity (Wildman–Crippen MR) is 91.5 cm³/mol. The van der Waals surface area contributed by atoms with Gasteiger partial charge in [-0.05, 0) is 36.2 Å². The number of thiocarbonyl (C=S) groups is 1. The van der Waals surface area contributed by atoms with Crippen LogP contribution < -0.4 is 5.32 Å². The number of benzene rings is 1. The minimum atomic E-state index is -0.336. The van der Waals surface area contributed by atoms with E-state index in [1.165, 1.54) is 12.7 Å². The number of allylic oxidation sites excluding steroid dienone is 1. The standard InChI is InChI=1S/C17H22N2O2S/c1-10(2)12-6-8-13(9-7-12)15-14(16(20)21-5)11(3)19(4)17(22)18-15/h6-10,15H,1-5H3,(H,18,22)/t15-/m0/s1. The molecule has 0 aromatic heterocycles. The molecule has 1 N–H and O–H groups in total. The molecule has 0 saturated heterocycles. The van der Waals surface area contributed by atoms with Crippen LogP contribution in [0, 0.1) is 0 Å². The highest BCUT2D eigenvalue weighted by atomic mass is 32.1. The summed E-state index contributed by atoms with van der Waals surface area (Å²) in [5.41, 5.74) is 3.67. The Morgan fingerprint density at radius 1 is 1.32 bits per heavy atom. The molecule has 1 heterocycles. The van der Waals surface area contributed by atoms with E-state index in [0.29, 0.717) is 16.6 Å². The van der Waals surface area contributed by atoms with Crippen LogP contribution in [0.5, 0.6) is 0 Å². The van der Waals surface area contributed by atoms with E-state index in [4.69, 9.17) is 17.0 Å². The van der Waals surface area contributed by atoms with Crippen molar-refractivity contribution < 1.29 is 9.53 Å². The Labute approximate surface area is 137 Å². The molecule has 0 unspecified atom stereocenters. The molecule has 1 aromatic rings. The molecule has 1 aliphatic heterocycles. The van der Waals surface area contributed by atoms with Crippen molar-refractivity contribution in [3.05, 3.63) is 46.7 Å². The van der Waals surface area contributed by atoms with E-state index in [1.54, 1.807) is 4.90 Å². The lowest BCUT2D eigenvalue weighted by Crippen LogP contribution is -2.46. The molecule has 22 heavy (non-hydrogen) atoms. The molecule has 0 saturated carbocycles. The summed E-state index contributed by atoms with van der Waals surface area (Å²) in [6, 6.07) is 7.98. The average molecular weight is 318 g/mol. The maximum absolute atomic E-state index is 12.2. The Hall–Kier alpha value is -1.88. The van der Waals surface area contributed by atoms with Gasteiger partial charge in [0.1, 0.15) is 0 Å². The lowest BCUT2D eigenvalue weighted by atomic mass is 9.93. The van der Waals surface area contributed by atoms with E-state index in [1.807, 2.05) is 26.1 Å². The molecule has 1 aromatic carbocycles. The van der Waals surface area contributed by atoms with Crippen molar-refractivity contribution in [2.75, 3.05) is 14.2 Å². The Bertz CT molecular complexity index is 620. The first-order valence-electron chi connectivity index (χ1n) is 7.30. The van der Waals surface area contributed by atoms with Crippen LogP contribution in [-0.4, -0.2) is 30.1 Å². The second kappa shape index (κ2) is 6.48. The van der Waals surface area contributed by atoms with Crippen molar-refractivity contribution in [3.8, 4) is 0 Å². The molecular weight excluding hydrogens is 296 g/mol. The smallest absolute Gasteiger partial charge is 0.337 e. The fraction of sp³-hybridized carbons (Fsp3) is 0.412. The van der Waals surface area contributed by atoms with Gasteiger partial charge in [-0.15, -0.1) is 0 Å². The average Bonchev–Trinajstić information content (AvgIpc) is 2.51. The SMILES string of the molecule is COC(=O)C1=C(C)N(C)C(=S)N[C@H]1c1ccc(C(C)C)cc1. The second-order valence-corrected chi connectivity index (χ2v) is 6.14. The van der Waals surface area contributed by atoms with Gasteiger partial charge in [-0.1, -0.05) is 38.1 Å². The van der Waals surface area contributed by atoms with Gasteiger partial charge in [0.25, 0.3) is 0 Å². The van der Waals surface area contributed by atoms with Gasteiger partial charge in [-0.2, -0.15) is 0 Å². The Kier molecular flexibility index (Phi) is 4.86. The Morgan fingerprint density at radius 2 is 1.91 bits per heavy atom. The van der Waals surface area contributed by atoms with Gasteiger partial charge in [-0.3, -0.25) is 0 Å². The molecule has 0 spiro atoms. The second-order valence-electron chi connectivity index (χ2n) is 5.75. The number of nitrogens with one attached hydrogen (secondary N) is 1. The van der Waals surface area contributed by atoms with E-state index in [2.05, 4.69) is 31.3 Å². The van der Waals surface area contributed by atoms with Crippen LogP contribution in [0.15, 0.2) is 35.5 Å². The summed E-state index contributed by atoms with van der Waals surface area (Å²) in [6.45, 7) is 6.19. The zero-order chi connectivity index (χ0) is 16.4. The Balaban J connectivity index is 2.46. The molecule has 4 nitrogen and oxygen atoms in total.